The zero-order valence-electron chi connectivity index (χ0n) is 18.8. The Kier molecular flexibility index (Phi) is 8.14. The molecule has 4 heteroatoms. The normalized spacial score (nSPS) is 20.6. The molecule has 0 N–H and O–H groups in total. The molecule has 0 spiro atoms. The lowest BCUT2D eigenvalue weighted by Crippen LogP contribution is -2.48. The highest BCUT2D eigenvalue weighted by molar-refractivity contribution is 5.76. The number of piperidine rings is 1. The smallest absolute Gasteiger partial charge is 0.222 e. The molecule has 2 aliphatic rings. The van der Waals surface area contributed by atoms with Crippen molar-refractivity contribution in [2.45, 2.75) is 38.6 Å². The molecule has 2 aromatic carbocycles. The maximum Gasteiger partial charge on any atom is 0.222 e. The average molecular weight is 420 g/mol. The first-order chi connectivity index (χ1) is 15.3. The first-order valence-electron chi connectivity index (χ1n) is 12.1. The van der Waals surface area contributed by atoms with Crippen LogP contribution in [0.3, 0.4) is 0 Å². The highest BCUT2D eigenvalue weighted by atomic mass is 16.2. The van der Waals surface area contributed by atoms with E-state index in [1.807, 2.05) is 0 Å². The molecule has 4 rings (SSSR count). The second kappa shape index (κ2) is 11.4. The predicted molar refractivity (Wildman–Crippen MR) is 127 cm³/mol. The molecule has 0 unspecified atom stereocenters. The Morgan fingerprint density at radius 2 is 1.48 bits per heavy atom. The van der Waals surface area contributed by atoms with Gasteiger partial charge in [0.05, 0.1) is 0 Å². The summed E-state index contributed by atoms with van der Waals surface area (Å²) in [6, 6.07) is 21.4. The zero-order chi connectivity index (χ0) is 21.3. The van der Waals surface area contributed by atoms with E-state index in [0.717, 1.165) is 65.1 Å². The predicted octanol–water partition coefficient (Wildman–Crippen LogP) is 4.07. The fourth-order valence-electron chi connectivity index (χ4n) is 5.00. The van der Waals surface area contributed by atoms with Crippen LogP contribution in [0.15, 0.2) is 60.7 Å². The standard InChI is InChI=1S/C27H37N3O/c31-27(30-20-18-29(19-21-30)22-25-10-5-2-6-11-25)14-13-26-12-7-16-28(23-26)17-15-24-8-3-1-4-9-24/h1-6,8-11,26H,7,12-23H2/t26-/m1/s1. The van der Waals surface area contributed by atoms with Gasteiger partial charge in [0.15, 0.2) is 0 Å². The Morgan fingerprint density at radius 1 is 0.806 bits per heavy atom. The molecule has 1 amide bonds. The Labute approximate surface area is 187 Å². The third-order valence-corrected chi connectivity index (χ3v) is 6.90. The van der Waals surface area contributed by atoms with E-state index in [-0.39, 0.29) is 0 Å². The van der Waals surface area contributed by atoms with Crippen LogP contribution in [0.4, 0.5) is 0 Å². The van der Waals surface area contributed by atoms with Gasteiger partial charge in [-0.15, -0.1) is 0 Å². The molecule has 2 fully saturated rings. The van der Waals surface area contributed by atoms with E-state index >= 15 is 0 Å². The van der Waals surface area contributed by atoms with Crippen LogP contribution in [0.2, 0.25) is 0 Å². The quantitative estimate of drug-likeness (QED) is 0.645. The van der Waals surface area contributed by atoms with Crippen LogP contribution < -0.4 is 0 Å². The van der Waals surface area contributed by atoms with Gasteiger partial charge in [0.2, 0.25) is 5.91 Å². The van der Waals surface area contributed by atoms with Crippen LogP contribution in [0.1, 0.15) is 36.8 Å². The summed E-state index contributed by atoms with van der Waals surface area (Å²) in [6.07, 6.45) is 5.44. The number of likely N-dealkylation sites (tertiary alicyclic amines) is 1. The van der Waals surface area contributed by atoms with Crippen molar-refractivity contribution in [3.05, 3.63) is 71.8 Å². The SMILES string of the molecule is O=C(CC[C@H]1CCCN(CCc2ccccc2)C1)N1CCN(Cc2ccccc2)CC1. The lowest BCUT2D eigenvalue weighted by atomic mass is 9.93. The lowest BCUT2D eigenvalue weighted by molar-refractivity contribution is -0.133. The number of nitrogens with zero attached hydrogens (tertiary/aromatic N) is 3. The summed E-state index contributed by atoms with van der Waals surface area (Å²) in [7, 11) is 0. The number of rotatable bonds is 8. The molecule has 31 heavy (non-hydrogen) atoms. The van der Waals surface area contributed by atoms with E-state index in [1.165, 1.54) is 30.5 Å². The first kappa shape index (κ1) is 22.0. The molecule has 2 heterocycles. The average Bonchev–Trinajstić information content (AvgIpc) is 2.83. The monoisotopic (exact) mass is 419 g/mol. The number of benzene rings is 2. The van der Waals surface area contributed by atoms with E-state index in [2.05, 4.69) is 75.4 Å². The first-order valence-corrected chi connectivity index (χ1v) is 12.1. The molecule has 2 saturated heterocycles. The fraction of sp³-hybridized carbons (Fsp3) is 0.519. The number of hydrogen-bond donors (Lipinski definition) is 0. The van der Waals surface area contributed by atoms with Gasteiger partial charge in [-0.3, -0.25) is 9.69 Å². The van der Waals surface area contributed by atoms with Crippen molar-refractivity contribution in [1.29, 1.82) is 0 Å². The molecule has 0 aliphatic carbocycles. The van der Waals surface area contributed by atoms with Crippen LogP contribution >= 0.6 is 0 Å². The summed E-state index contributed by atoms with van der Waals surface area (Å²) in [5.41, 5.74) is 2.78. The molecule has 2 aromatic rings. The van der Waals surface area contributed by atoms with Gasteiger partial charge < -0.3 is 9.80 Å². The summed E-state index contributed by atoms with van der Waals surface area (Å²) >= 11 is 0. The molecule has 2 aliphatic heterocycles. The Hall–Kier alpha value is -2.17. The van der Waals surface area contributed by atoms with Gasteiger partial charge >= 0.3 is 0 Å². The molecule has 0 saturated carbocycles. The largest absolute Gasteiger partial charge is 0.340 e. The minimum Gasteiger partial charge on any atom is -0.340 e. The Bertz CT molecular complexity index is 787. The Balaban J connectivity index is 1.14. The molecule has 0 aromatic heterocycles. The third-order valence-electron chi connectivity index (χ3n) is 6.90. The topological polar surface area (TPSA) is 26.8 Å². The molecular formula is C27H37N3O. The molecule has 166 valence electrons. The van der Waals surface area contributed by atoms with Crippen molar-refractivity contribution in [1.82, 2.24) is 14.7 Å². The maximum atomic E-state index is 12.8. The van der Waals surface area contributed by atoms with Gasteiger partial charge in [0.1, 0.15) is 0 Å². The number of piperazine rings is 1. The van der Waals surface area contributed by atoms with Crippen molar-refractivity contribution < 1.29 is 4.79 Å². The summed E-state index contributed by atoms with van der Waals surface area (Å²) < 4.78 is 0. The minimum atomic E-state index is 0.362. The van der Waals surface area contributed by atoms with Crippen molar-refractivity contribution in [2.24, 2.45) is 5.92 Å². The summed E-state index contributed by atoms with van der Waals surface area (Å²) in [5.74, 6) is 1.04. The van der Waals surface area contributed by atoms with Crippen LogP contribution in [0.25, 0.3) is 0 Å². The fourth-order valence-corrected chi connectivity index (χ4v) is 5.00. The highest BCUT2D eigenvalue weighted by Gasteiger charge is 2.24. The number of carbonyl (C=O) groups excluding carboxylic acids is 1. The second-order valence-electron chi connectivity index (χ2n) is 9.23. The van der Waals surface area contributed by atoms with Gasteiger partial charge in [-0.25, -0.2) is 0 Å². The lowest BCUT2D eigenvalue weighted by Gasteiger charge is -2.36. The number of hydrogen-bond acceptors (Lipinski definition) is 3. The summed E-state index contributed by atoms with van der Waals surface area (Å²) in [4.78, 5) is 20.0. The molecule has 0 bridgehead atoms. The van der Waals surface area contributed by atoms with E-state index in [4.69, 9.17) is 0 Å². The maximum absolute atomic E-state index is 12.8. The molecule has 4 nitrogen and oxygen atoms in total. The van der Waals surface area contributed by atoms with Gasteiger partial charge in [0.25, 0.3) is 0 Å². The van der Waals surface area contributed by atoms with Crippen molar-refractivity contribution in [3.63, 3.8) is 0 Å². The Morgan fingerprint density at radius 3 is 2.19 bits per heavy atom. The minimum absolute atomic E-state index is 0.362. The zero-order valence-corrected chi connectivity index (χ0v) is 18.8. The van der Waals surface area contributed by atoms with Crippen molar-refractivity contribution >= 4 is 5.91 Å². The summed E-state index contributed by atoms with van der Waals surface area (Å²) in [5, 5.41) is 0. The van der Waals surface area contributed by atoms with E-state index < -0.39 is 0 Å². The van der Waals surface area contributed by atoms with Crippen LogP contribution in [0.5, 0.6) is 0 Å². The molecule has 1 atom stereocenters. The van der Waals surface area contributed by atoms with Gasteiger partial charge in [-0.1, -0.05) is 60.7 Å². The van der Waals surface area contributed by atoms with E-state index in [0.29, 0.717) is 11.8 Å². The van der Waals surface area contributed by atoms with E-state index in [1.54, 1.807) is 0 Å². The molecular weight excluding hydrogens is 382 g/mol. The van der Waals surface area contributed by atoms with Gasteiger partial charge in [-0.2, -0.15) is 0 Å². The van der Waals surface area contributed by atoms with Gasteiger partial charge in [0, 0.05) is 52.2 Å². The second-order valence-corrected chi connectivity index (χ2v) is 9.23. The third kappa shape index (κ3) is 6.91. The van der Waals surface area contributed by atoms with Crippen LogP contribution in [0, 0.1) is 5.92 Å². The van der Waals surface area contributed by atoms with E-state index in [9.17, 15) is 4.79 Å². The van der Waals surface area contributed by atoms with Crippen LogP contribution in [-0.4, -0.2) is 66.4 Å². The van der Waals surface area contributed by atoms with Crippen molar-refractivity contribution in [3.8, 4) is 0 Å². The van der Waals surface area contributed by atoms with Crippen LogP contribution in [-0.2, 0) is 17.8 Å². The highest BCUT2D eigenvalue weighted by Crippen LogP contribution is 2.22. The van der Waals surface area contributed by atoms with Gasteiger partial charge in [-0.05, 0) is 49.3 Å². The summed E-state index contributed by atoms with van der Waals surface area (Å²) in [6.45, 7) is 8.21. The molecule has 0 radical (unpaired) electrons. The number of amides is 1. The van der Waals surface area contributed by atoms with Crippen molar-refractivity contribution in [2.75, 3.05) is 45.8 Å². The number of carbonyl (C=O) groups is 1.